The fourth-order valence-corrected chi connectivity index (χ4v) is 3.38. The summed E-state index contributed by atoms with van der Waals surface area (Å²) >= 11 is 0. The lowest BCUT2D eigenvalue weighted by atomic mass is 10.1. The van der Waals surface area contributed by atoms with Crippen LogP contribution in [0.2, 0.25) is 0 Å². The summed E-state index contributed by atoms with van der Waals surface area (Å²) in [4.78, 5) is 8.77. The predicted molar refractivity (Wildman–Crippen MR) is 85.6 cm³/mol. The van der Waals surface area contributed by atoms with Gasteiger partial charge in [0.2, 0.25) is 0 Å². The van der Waals surface area contributed by atoms with Crippen molar-refractivity contribution in [1.82, 2.24) is 9.97 Å². The minimum absolute atomic E-state index is 0.458. The van der Waals surface area contributed by atoms with E-state index in [1.54, 1.807) is 6.20 Å². The first-order valence-corrected chi connectivity index (χ1v) is 8.12. The Kier molecular flexibility index (Phi) is 3.80. The smallest absolute Gasteiger partial charge is 0.127 e. The van der Waals surface area contributed by atoms with Crippen LogP contribution in [-0.4, -0.2) is 14.2 Å². The van der Waals surface area contributed by atoms with Crippen molar-refractivity contribution in [3.05, 3.63) is 65.5 Å². The molecule has 0 unspecified atom stereocenters. The van der Waals surface area contributed by atoms with E-state index in [1.807, 2.05) is 56.3 Å². The number of nitrogens with zero attached hydrogens (tertiary/aromatic N) is 2. The van der Waals surface area contributed by atoms with E-state index >= 15 is 0 Å². The van der Waals surface area contributed by atoms with Crippen LogP contribution in [0, 0.1) is 13.8 Å². The van der Waals surface area contributed by atoms with Crippen molar-refractivity contribution in [2.24, 2.45) is 0 Å². The highest BCUT2D eigenvalue weighted by Crippen LogP contribution is 2.21. The molecule has 0 aliphatic carbocycles. The van der Waals surface area contributed by atoms with Crippen LogP contribution >= 0.6 is 0 Å². The van der Waals surface area contributed by atoms with Crippen LogP contribution in [0.25, 0.3) is 10.9 Å². The molecule has 0 aliphatic rings. The Bertz CT molecular complexity index is 813. The Balaban J connectivity index is 1.98. The summed E-state index contributed by atoms with van der Waals surface area (Å²) in [5, 5.41) is 1.68. The second-order valence-electron chi connectivity index (χ2n) is 5.10. The van der Waals surface area contributed by atoms with Gasteiger partial charge in [0.25, 0.3) is 0 Å². The molecule has 0 N–H and O–H groups in total. The van der Waals surface area contributed by atoms with Gasteiger partial charge in [-0.2, -0.15) is 0 Å². The molecule has 0 bridgehead atoms. The maximum Gasteiger partial charge on any atom is 0.127 e. The van der Waals surface area contributed by atoms with Crippen LogP contribution < -0.4 is 0 Å². The molecule has 0 fully saturated rings. The summed E-state index contributed by atoms with van der Waals surface area (Å²) in [6, 6.07) is 13.7. The van der Waals surface area contributed by atoms with E-state index < -0.39 is 10.8 Å². The first-order valence-electron chi connectivity index (χ1n) is 6.80. The topological polar surface area (TPSA) is 42.9 Å². The summed E-state index contributed by atoms with van der Waals surface area (Å²) in [6.07, 6.45) is 1.75. The SMILES string of the molecule is Cc1ccc([S@@](=O)Cc2cc(C)nc3ccccc23)nc1. The predicted octanol–water partition coefficient (Wildman–Crippen LogP) is 3.55. The van der Waals surface area contributed by atoms with Gasteiger partial charge in [-0.05, 0) is 43.2 Å². The molecule has 0 radical (unpaired) electrons. The van der Waals surface area contributed by atoms with Crippen molar-refractivity contribution >= 4 is 21.7 Å². The van der Waals surface area contributed by atoms with Gasteiger partial charge in [-0.25, -0.2) is 4.98 Å². The van der Waals surface area contributed by atoms with Crippen LogP contribution in [0.5, 0.6) is 0 Å². The van der Waals surface area contributed by atoms with Crippen molar-refractivity contribution in [1.29, 1.82) is 0 Å². The summed E-state index contributed by atoms with van der Waals surface area (Å²) in [5.41, 5.74) is 4.01. The van der Waals surface area contributed by atoms with Gasteiger partial charge in [0, 0.05) is 17.3 Å². The van der Waals surface area contributed by atoms with Gasteiger partial charge >= 0.3 is 0 Å². The zero-order chi connectivity index (χ0) is 14.8. The number of para-hydroxylation sites is 1. The molecule has 2 aromatic heterocycles. The van der Waals surface area contributed by atoms with Gasteiger partial charge in [-0.15, -0.1) is 0 Å². The van der Waals surface area contributed by atoms with Crippen LogP contribution in [-0.2, 0) is 16.6 Å². The van der Waals surface area contributed by atoms with Gasteiger partial charge in [-0.1, -0.05) is 24.3 Å². The molecular formula is C17H16N2OS. The highest BCUT2D eigenvalue weighted by atomic mass is 32.2. The maximum atomic E-state index is 12.5. The molecule has 0 saturated carbocycles. The van der Waals surface area contributed by atoms with Crippen molar-refractivity contribution in [2.75, 3.05) is 0 Å². The van der Waals surface area contributed by atoms with E-state index in [1.165, 1.54) is 0 Å². The van der Waals surface area contributed by atoms with Gasteiger partial charge < -0.3 is 0 Å². The van der Waals surface area contributed by atoms with Crippen LogP contribution in [0.1, 0.15) is 16.8 Å². The number of pyridine rings is 2. The fraction of sp³-hybridized carbons (Fsp3) is 0.176. The molecule has 0 saturated heterocycles. The van der Waals surface area contributed by atoms with E-state index in [2.05, 4.69) is 9.97 Å². The lowest BCUT2D eigenvalue weighted by Crippen LogP contribution is -2.01. The van der Waals surface area contributed by atoms with Gasteiger partial charge in [0.05, 0.1) is 22.1 Å². The summed E-state index contributed by atoms with van der Waals surface area (Å²) in [7, 11) is -1.15. The minimum Gasteiger partial charge on any atom is -0.253 e. The molecule has 1 atom stereocenters. The number of benzene rings is 1. The Morgan fingerprint density at radius 2 is 1.90 bits per heavy atom. The Morgan fingerprint density at radius 1 is 1.10 bits per heavy atom. The largest absolute Gasteiger partial charge is 0.253 e. The molecule has 1 aromatic carbocycles. The minimum atomic E-state index is -1.15. The standard InChI is InChI=1S/C17H16N2OS/c1-12-7-8-17(18-10-12)21(20)11-14-9-13(2)19-16-6-4-3-5-15(14)16/h3-10H,11H2,1-2H3/t21-/m0/s1. The molecular weight excluding hydrogens is 280 g/mol. The zero-order valence-electron chi connectivity index (χ0n) is 12.0. The summed E-state index contributed by atoms with van der Waals surface area (Å²) in [5.74, 6) is 0.458. The van der Waals surface area contributed by atoms with Crippen molar-refractivity contribution in [3.8, 4) is 0 Å². The first-order chi connectivity index (χ1) is 10.1. The second-order valence-corrected chi connectivity index (χ2v) is 6.50. The highest BCUT2D eigenvalue weighted by molar-refractivity contribution is 7.84. The Morgan fingerprint density at radius 3 is 2.67 bits per heavy atom. The summed E-state index contributed by atoms with van der Waals surface area (Å²) in [6.45, 7) is 3.93. The Hall–Kier alpha value is -2.07. The molecule has 2 heterocycles. The van der Waals surface area contributed by atoms with E-state index in [-0.39, 0.29) is 0 Å². The van der Waals surface area contributed by atoms with E-state index in [0.717, 1.165) is 27.7 Å². The number of fused-ring (bicyclic) bond motifs is 1. The number of hydrogen-bond acceptors (Lipinski definition) is 3. The van der Waals surface area contributed by atoms with Gasteiger partial charge in [0.15, 0.2) is 0 Å². The quantitative estimate of drug-likeness (QED) is 0.742. The van der Waals surface area contributed by atoms with E-state index in [4.69, 9.17) is 0 Å². The average Bonchev–Trinajstić information content (AvgIpc) is 2.47. The number of hydrogen-bond donors (Lipinski definition) is 0. The third-order valence-corrected chi connectivity index (χ3v) is 4.62. The molecule has 4 heteroatoms. The Labute approximate surface area is 126 Å². The molecule has 3 nitrogen and oxygen atoms in total. The third-order valence-electron chi connectivity index (χ3n) is 3.33. The molecule has 0 amide bonds. The number of aryl methyl sites for hydroxylation is 2. The zero-order valence-corrected chi connectivity index (χ0v) is 12.9. The van der Waals surface area contributed by atoms with Gasteiger partial charge in [0.1, 0.15) is 5.03 Å². The average molecular weight is 296 g/mol. The third kappa shape index (κ3) is 3.00. The van der Waals surface area contributed by atoms with E-state index in [9.17, 15) is 4.21 Å². The molecule has 21 heavy (non-hydrogen) atoms. The normalized spacial score (nSPS) is 12.5. The van der Waals surface area contributed by atoms with Crippen LogP contribution in [0.3, 0.4) is 0 Å². The summed E-state index contributed by atoms with van der Waals surface area (Å²) < 4.78 is 12.5. The van der Waals surface area contributed by atoms with Crippen LogP contribution in [0.15, 0.2) is 53.7 Å². The highest BCUT2D eigenvalue weighted by Gasteiger charge is 2.10. The van der Waals surface area contributed by atoms with Gasteiger partial charge in [-0.3, -0.25) is 9.19 Å². The van der Waals surface area contributed by atoms with E-state index in [0.29, 0.717) is 10.8 Å². The van der Waals surface area contributed by atoms with Crippen molar-refractivity contribution < 1.29 is 4.21 Å². The monoisotopic (exact) mass is 296 g/mol. The first kappa shape index (κ1) is 13.9. The maximum absolute atomic E-state index is 12.5. The van der Waals surface area contributed by atoms with Crippen LogP contribution in [0.4, 0.5) is 0 Å². The van der Waals surface area contributed by atoms with Crippen molar-refractivity contribution in [2.45, 2.75) is 24.6 Å². The molecule has 3 rings (SSSR count). The second kappa shape index (κ2) is 5.74. The molecule has 0 spiro atoms. The lowest BCUT2D eigenvalue weighted by molar-refractivity contribution is 0.680. The fourth-order valence-electron chi connectivity index (χ4n) is 2.32. The molecule has 0 aliphatic heterocycles. The molecule has 106 valence electrons. The lowest BCUT2D eigenvalue weighted by Gasteiger charge is -2.08. The molecule has 3 aromatic rings. The van der Waals surface area contributed by atoms with Crippen molar-refractivity contribution in [3.63, 3.8) is 0 Å². The number of rotatable bonds is 3. The number of aromatic nitrogens is 2.